The number of nitrogens with one attached hydrogen (secondary N) is 1. The van der Waals surface area contributed by atoms with Gasteiger partial charge < -0.3 is 9.42 Å². The highest BCUT2D eigenvalue weighted by Crippen LogP contribution is 2.19. The second kappa shape index (κ2) is 11.4. The van der Waals surface area contributed by atoms with E-state index in [1.165, 1.54) is 0 Å². The molecule has 0 aliphatic rings. The van der Waals surface area contributed by atoms with Gasteiger partial charge in [-0.15, -0.1) is 0 Å². The van der Waals surface area contributed by atoms with E-state index in [-0.39, 0.29) is 11.7 Å². The molecule has 1 unspecified atom stereocenters. The van der Waals surface area contributed by atoms with Gasteiger partial charge in [0.25, 0.3) is 0 Å². The number of hydrogen-bond acceptors (Lipinski definition) is 6. The number of aromatic nitrogens is 1. The first-order valence-electron chi connectivity index (χ1n) is 9.61. The third kappa shape index (κ3) is 7.49. The molecule has 160 valence electrons. The van der Waals surface area contributed by atoms with Crippen LogP contribution < -0.4 is 4.72 Å². The summed E-state index contributed by atoms with van der Waals surface area (Å²) in [7, 11) is -1.75. The Bertz CT molecular complexity index is 869. The number of amides is 1. The zero-order chi connectivity index (χ0) is 21.3. The van der Waals surface area contributed by atoms with Crippen LogP contribution in [0.2, 0.25) is 0 Å². The van der Waals surface area contributed by atoms with E-state index in [9.17, 15) is 13.2 Å². The Morgan fingerprint density at radius 1 is 1.31 bits per heavy atom. The van der Waals surface area contributed by atoms with Crippen molar-refractivity contribution in [3.63, 3.8) is 0 Å². The lowest BCUT2D eigenvalue weighted by Gasteiger charge is -2.24. The van der Waals surface area contributed by atoms with Crippen LogP contribution in [-0.4, -0.2) is 61.8 Å². The van der Waals surface area contributed by atoms with Crippen LogP contribution in [0, 0.1) is 0 Å². The molecule has 29 heavy (non-hydrogen) atoms. The van der Waals surface area contributed by atoms with Crippen molar-refractivity contribution in [2.24, 2.45) is 0 Å². The van der Waals surface area contributed by atoms with Crippen LogP contribution in [0.5, 0.6) is 0 Å². The molecule has 1 aromatic heterocycles. The van der Waals surface area contributed by atoms with E-state index in [4.69, 9.17) is 4.52 Å². The van der Waals surface area contributed by atoms with Gasteiger partial charge in [-0.05, 0) is 31.8 Å². The van der Waals surface area contributed by atoms with E-state index < -0.39 is 16.1 Å². The monoisotopic (exact) mass is 439 g/mol. The molecule has 1 N–H and O–H groups in total. The summed E-state index contributed by atoms with van der Waals surface area (Å²) in [6.45, 7) is 2.06. The quantitative estimate of drug-likeness (QED) is 0.547. The molecule has 7 nitrogen and oxygen atoms in total. The lowest BCUT2D eigenvalue weighted by molar-refractivity contribution is -0.131. The summed E-state index contributed by atoms with van der Waals surface area (Å²) in [6, 6.07) is 11.0. The second-order valence-electron chi connectivity index (χ2n) is 6.76. The highest BCUT2D eigenvalue weighted by molar-refractivity contribution is 7.98. The van der Waals surface area contributed by atoms with Crippen molar-refractivity contribution in [3.05, 3.63) is 42.2 Å². The molecule has 0 spiro atoms. The smallest absolute Gasteiger partial charge is 0.240 e. The van der Waals surface area contributed by atoms with Crippen molar-refractivity contribution in [3.8, 4) is 11.3 Å². The van der Waals surface area contributed by atoms with Gasteiger partial charge in [0, 0.05) is 31.6 Å². The zero-order valence-corrected chi connectivity index (χ0v) is 18.8. The number of benzene rings is 1. The molecule has 2 rings (SSSR count). The Morgan fingerprint density at radius 2 is 2.03 bits per heavy atom. The summed E-state index contributed by atoms with van der Waals surface area (Å²) in [5.74, 6) is 1.21. The van der Waals surface area contributed by atoms with Crippen molar-refractivity contribution in [1.29, 1.82) is 0 Å². The molecular weight excluding hydrogens is 410 g/mol. The molecule has 1 aromatic carbocycles. The van der Waals surface area contributed by atoms with Gasteiger partial charge in [0.1, 0.15) is 17.5 Å². The summed E-state index contributed by atoms with van der Waals surface area (Å²) in [6.07, 6.45) is 3.74. The Hall–Kier alpha value is -1.84. The van der Waals surface area contributed by atoms with E-state index in [1.807, 2.05) is 42.7 Å². The molecule has 0 bridgehead atoms. The number of nitrogens with zero attached hydrogens (tertiary/aromatic N) is 2. The van der Waals surface area contributed by atoms with Gasteiger partial charge in [-0.2, -0.15) is 11.8 Å². The third-order valence-electron chi connectivity index (χ3n) is 4.53. The summed E-state index contributed by atoms with van der Waals surface area (Å²) >= 11 is 1.58. The lowest BCUT2D eigenvalue weighted by atomic mass is 10.1. The Morgan fingerprint density at radius 3 is 2.69 bits per heavy atom. The van der Waals surface area contributed by atoms with Crippen molar-refractivity contribution < 1.29 is 17.7 Å². The largest absolute Gasteiger partial charge is 0.361 e. The van der Waals surface area contributed by atoms with E-state index in [0.29, 0.717) is 31.6 Å². The number of carbonyl (C=O) groups excluding carboxylic acids is 1. The maximum absolute atomic E-state index is 12.7. The van der Waals surface area contributed by atoms with Crippen LogP contribution in [0.15, 0.2) is 40.9 Å². The van der Waals surface area contributed by atoms with Gasteiger partial charge in [0.2, 0.25) is 15.9 Å². The second-order valence-corrected chi connectivity index (χ2v) is 9.79. The Labute approximate surface area is 177 Å². The number of rotatable bonds is 12. The van der Waals surface area contributed by atoms with Crippen LogP contribution in [0.25, 0.3) is 11.3 Å². The van der Waals surface area contributed by atoms with Crippen LogP contribution >= 0.6 is 11.8 Å². The molecule has 2 aromatic rings. The highest BCUT2D eigenvalue weighted by Gasteiger charge is 2.25. The maximum Gasteiger partial charge on any atom is 0.240 e. The maximum atomic E-state index is 12.7. The molecule has 1 amide bonds. The SMILES string of the molecule is CCS(=O)(=O)NC(CCSC)C(=O)N(C)CCCc1cc(-c2ccccc2)no1. The summed E-state index contributed by atoms with van der Waals surface area (Å²) in [5.41, 5.74) is 1.78. The van der Waals surface area contributed by atoms with E-state index in [2.05, 4.69) is 9.88 Å². The van der Waals surface area contributed by atoms with Crippen LogP contribution in [0.3, 0.4) is 0 Å². The number of aryl methyl sites for hydroxylation is 1. The zero-order valence-electron chi connectivity index (χ0n) is 17.1. The number of sulfonamides is 1. The van der Waals surface area contributed by atoms with Gasteiger partial charge in [-0.25, -0.2) is 13.1 Å². The van der Waals surface area contributed by atoms with Gasteiger partial charge in [0.05, 0.1) is 5.75 Å². The molecular formula is C20H29N3O4S2. The highest BCUT2D eigenvalue weighted by atomic mass is 32.2. The van der Waals surface area contributed by atoms with E-state index >= 15 is 0 Å². The van der Waals surface area contributed by atoms with Crippen LogP contribution in [0.1, 0.15) is 25.5 Å². The first-order chi connectivity index (χ1) is 13.9. The number of likely N-dealkylation sites (N-methyl/N-ethyl adjacent to an activating group) is 1. The molecule has 0 aliphatic heterocycles. The van der Waals surface area contributed by atoms with Crippen LogP contribution in [-0.2, 0) is 21.2 Å². The molecule has 0 radical (unpaired) electrons. The molecule has 1 atom stereocenters. The first-order valence-corrected chi connectivity index (χ1v) is 12.7. The first kappa shape index (κ1) is 23.4. The average Bonchev–Trinajstić information content (AvgIpc) is 3.20. The van der Waals surface area contributed by atoms with Gasteiger partial charge in [-0.3, -0.25) is 4.79 Å². The molecule has 0 aliphatic carbocycles. The van der Waals surface area contributed by atoms with Gasteiger partial charge >= 0.3 is 0 Å². The minimum Gasteiger partial charge on any atom is -0.361 e. The summed E-state index contributed by atoms with van der Waals surface area (Å²) < 4.78 is 31.7. The van der Waals surface area contributed by atoms with Crippen molar-refractivity contribution in [2.45, 2.75) is 32.2 Å². The van der Waals surface area contributed by atoms with Crippen LogP contribution in [0.4, 0.5) is 0 Å². The van der Waals surface area contributed by atoms with Crippen molar-refractivity contribution >= 4 is 27.7 Å². The molecule has 1 heterocycles. The topological polar surface area (TPSA) is 92.5 Å². The summed E-state index contributed by atoms with van der Waals surface area (Å²) in [5, 5.41) is 4.10. The minimum absolute atomic E-state index is 0.0466. The molecule has 9 heteroatoms. The fourth-order valence-electron chi connectivity index (χ4n) is 2.81. The average molecular weight is 440 g/mol. The lowest BCUT2D eigenvalue weighted by Crippen LogP contribution is -2.48. The van der Waals surface area contributed by atoms with E-state index in [1.54, 1.807) is 30.6 Å². The number of hydrogen-bond donors (Lipinski definition) is 1. The predicted octanol–water partition coefficient (Wildman–Crippen LogP) is 2.79. The Balaban J connectivity index is 1.88. The molecule has 0 saturated carbocycles. The fourth-order valence-corrected chi connectivity index (χ4v) is 4.10. The normalized spacial score (nSPS) is 12.7. The van der Waals surface area contributed by atoms with Crippen molar-refractivity contribution in [1.82, 2.24) is 14.8 Å². The molecule has 0 fully saturated rings. The van der Waals surface area contributed by atoms with Gasteiger partial charge in [0.15, 0.2) is 0 Å². The predicted molar refractivity (Wildman–Crippen MR) is 117 cm³/mol. The van der Waals surface area contributed by atoms with E-state index in [0.717, 1.165) is 17.0 Å². The number of carbonyl (C=O) groups is 1. The molecule has 0 saturated heterocycles. The van der Waals surface area contributed by atoms with Crippen molar-refractivity contribution in [2.75, 3.05) is 31.4 Å². The standard InChI is InChI=1S/C20H29N3O4S2/c1-4-29(25,26)22-18(12-14-28-3)20(24)23(2)13-8-11-17-15-19(21-27-17)16-9-6-5-7-10-16/h5-7,9-10,15,18,22H,4,8,11-14H2,1-3H3. The fraction of sp³-hybridized carbons (Fsp3) is 0.500. The Kier molecular flexibility index (Phi) is 9.19. The minimum atomic E-state index is -3.44. The third-order valence-corrected chi connectivity index (χ3v) is 6.58. The number of thioether (sulfide) groups is 1. The summed E-state index contributed by atoms with van der Waals surface area (Å²) in [4.78, 5) is 14.3. The van der Waals surface area contributed by atoms with Gasteiger partial charge in [-0.1, -0.05) is 35.5 Å².